The average Bonchev–Trinajstić information content (AvgIpc) is 3.43. The van der Waals surface area contributed by atoms with Gasteiger partial charge in [0.2, 0.25) is 10.0 Å². The topological polar surface area (TPSA) is 76.9 Å². The van der Waals surface area contributed by atoms with E-state index in [1.807, 2.05) is 22.9 Å². The lowest BCUT2D eigenvalue weighted by molar-refractivity contribution is 0.551. The van der Waals surface area contributed by atoms with Crippen LogP contribution in [0.5, 0.6) is 0 Å². The van der Waals surface area contributed by atoms with Gasteiger partial charge in [-0.3, -0.25) is 9.67 Å². The summed E-state index contributed by atoms with van der Waals surface area (Å²) >= 11 is 3.29. The number of hydrogen-bond donors (Lipinski definition) is 1. The van der Waals surface area contributed by atoms with Crippen molar-refractivity contribution in [1.29, 1.82) is 0 Å². The number of aromatic nitrogens is 3. The maximum Gasteiger partial charge on any atom is 0.241 e. The van der Waals surface area contributed by atoms with Crippen LogP contribution in [0, 0.1) is 0 Å². The molecule has 0 unspecified atom stereocenters. The van der Waals surface area contributed by atoms with Crippen LogP contribution in [0.15, 0.2) is 64.1 Å². The van der Waals surface area contributed by atoms with E-state index in [2.05, 4.69) is 36.8 Å². The van der Waals surface area contributed by atoms with Crippen molar-refractivity contribution in [2.24, 2.45) is 0 Å². The molecule has 0 spiro atoms. The van der Waals surface area contributed by atoms with Crippen LogP contribution in [0.2, 0.25) is 0 Å². The molecular formula is C19H19BrN4O2S. The third-order valence-corrected chi connectivity index (χ3v) is 6.95. The van der Waals surface area contributed by atoms with Crippen molar-refractivity contribution in [3.8, 4) is 11.4 Å². The number of benzene rings is 1. The first-order valence-corrected chi connectivity index (χ1v) is 11.1. The summed E-state index contributed by atoms with van der Waals surface area (Å²) in [5.74, 6) is 0.509. The van der Waals surface area contributed by atoms with E-state index in [4.69, 9.17) is 0 Å². The Morgan fingerprint density at radius 3 is 2.59 bits per heavy atom. The maximum absolute atomic E-state index is 12.5. The zero-order valence-corrected chi connectivity index (χ0v) is 16.9. The summed E-state index contributed by atoms with van der Waals surface area (Å²) in [6.45, 7) is 0.745. The van der Waals surface area contributed by atoms with Gasteiger partial charge in [-0.1, -0.05) is 18.2 Å². The lowest BCUT2D eigenvalue weighted by Crippen LogP contribution is -2.28. The first-order chi connectivity index (χ1) is 13.0. The molecule has 0 bridgehead atoms. The molecule has 0 aliphatic heterocycles. The number of halogens is 1. The smallest absolute Gasteiger partial charge is 0.241 e. The number of pyridine rings is 1. The van der Waals surface area contributed by atoms with Crippen LogP contribution < -0.4 is 4.72 Å². The Kier molecular flexibility index (Phi) is 5.12. The molecule has 8 heteroatoms. The van der Waals surface area contributed by atoms with Gasteiger partial charge in [-0.15, -0.1) is 0 Å². The van der Waals surface area contributed by atoms with Crippen molar-refractivity contribution in [1.82, 2.24) is 19.5 Å². The monoisotopic (exact) mass is 446 g/mol. The van der Waals surface area contributed by atoms with Crippen LogP contribution >= 0.6 is 15.9 Å². The van der Waals surface area contributed by atoms with E-state index in [-0.39, 0.29) is 11.4 Å². The second kappa shape index (κ2) is 7.53. The van der Waals surface area contributed by atoms with Gasteiger partial charge in [-0.25, -0.2) is 13.1 Å². The van der Waals surface area contributed by atoms with Gasteiger partial charge in [0, 0.05) is 28.8 Å². The van der Waals surface area contributed by atoms with Gasteiger partial charge >= 0.3 is 0 Å². The second-order valence-corrected chi connectivity index (χ2v) is 9.08. The Hall–Kier alpha value is -2.03. The lowest BCUT2D eigenvalue weighted by Gasteiger charge is -2.10. The van der Waals surface area contributed by atoms with Crippen molar-refractivity contribution in [3.63, 3.8) is 0 Å². The van der Waals surface area contributed by atoms with Gasteiger partial charge in [0.15, 0.2) is 0 Å². The molecule has 3 aromatic rings. The minimum absolute atomic E-state index is 0.238. The van der Waals surface area contributed by atoms with Gasteiger partial charge in [-0.2, -0.15) is 5.10 Å². The summed E-state index contributed by atoms with van der Waals surface area (Å²) in [5, 5.41) is 4.66. The molecule has 140 valence electrons. The molecule has 0 saturated heterocycles. The zero-order chi connectivity index (χ0) is 18.9. The summed E-state index contributed by atoms with van der Waals surface area (Å²) in [7, 11) is -3.57. The molecule has 0 amide bonds. The molecule has 2 aromatic heterocycles. The van der Waals surface area contributed by atoms with Gasteiger partial charge in [0.1, 0.15) is 5.69 Å². The van der Waals surface area contributed by atoms with E-state index in [1.54, 1.807) is 30.5 Å². The van der Waals surface area contributed by atoms with Crippen molar-refractivity contribution in [2.45, 2.75) is 30.2 Å². The van der Waals surface area contributed by atoms with E-state index in [0.29, 0.717) is 16.9 Å². The number of nitrogens with zero attached hydrogens (tertiary/aromatic N) is 3. The third-order valence-electron chi connectivity index (χ3n) is 4.48. The lowest BCUT2D eigenvalue weighted by atomic mass is 10.2. The van der Waals surface area contributed by atoms with Crippen LogP contribution in [0.1, 0.15) is 24.5 Å². The fraction of sp³-hybridized carbons (Fsp3) is 0.263. The van der Waals surface area contributed by atoms with Crippen LogP contribution in [0.4, 0.5) is 0 Å². The summed E-state index contributed by atoms with van der Waals surface area (Å²) in [6.07, 6.45) is 4.04. The van der Waals surface area contributed by atoms with Crippen LogP contribution in [-0.4, -0.2) is 29.7 Å². The van der Waals surface area contributed by atoms with E-state index >= 15 is 0 Å². The molecular weight excluding hydrogens is 428 g/mol. The summed E-state index contributed by atoms with van der Waals surface area (Å²) in [5.41, 5.74) is 2.80. The number of rotatable bonds is 7. The van der Waals surface area contributed by atoms with Gasteiger partial charge in [0.25, 0.3) is 0 Å². The molecule has 27 heavy (non-hydrogen) atoms. The molecule has 1 N–H and O–H groups in total. The van der Waals surface area contributed by atoms with Gasteiger partial charge in [-0.05, 0) is 59.1 Å². The molecule has 0 atom stereocenters. The van der Waals surface area contributed by atoms with Crippen molar-refractivity contribution >= 4 is 26.0 Å². The highest BCUT2D eigenvalue weighted by atomic mass is 79.9. The molecule has 2 heterocycles. The van der Waals surface area contributed by atoms with Crippen LogP contribution in [0.3, 0.4) is 0 Å². The minimum atomic E-state index is -3.57. The van der Waals surface area contributed by atoms with Crippen molar-refractivity contribution < 1.29 is 8.42 Å². The molecule has 1 fully saturated rings. The Bertz CT molecular complexity index is 1050. The molecule has 1 aliphatic rings. The van der Waals surface area contributed by atoms with E-state index in [0.717, 1.165) is 29.9 Å². The summed E-state index contributed by atoms with van der Waals surface area (Å²) in [6, 6.07) is 14.6. The molecule has 6 nitrogen and oxygen atoms in total. The number of nitrogens with one attached hydrogen (secondary N) is 1. The van der Waals surface area contributed by atoms with E-state index in [9.17, 15) is 8.42 Å². The minimum Gasteiger partial charge on any atom is -0.267 e. The quantitative estimate of drug-likeness (QED) is 0.601. The summed E-state index contributed by atoms with van der Waals surface area (Å²) < 4.78 is 30.2. The fourth-order valence-corrected chi connectivity index (χ4v) is 5.01. The Morgan fingerprint density at radius 2 is 1.89 bits per heavy atom. The van der Waals surface area contributed by atoms with E-state index < -0.39 is 10.0 Å². The first-order valence-electron chi connectivity index (χ1n) is 8.78. The van der Waals surface area contributed by atoms with Crippen molar-refractivity contribution in [3.05, 3.63) is 64.9 Å². The highest BCUT2D eigenvalue weighted by molar-refractivity contribution is 9.10. The first kappa shape index (κ1) is 18.3. The predicted octanol–water partition coefficient (Wildman–Crippen LogP) is 3.56. The molecule has 1 saturated carbocycles. The maximum atomic E-state index is 12.5. The van der Waals surface area contributed by atoms with Gasteiger partial charge < -0.3 is 0 Å². The Morgan fingerprint density at radius 1 is 1.11 bits per heavy atom. The highest BCUT2D eigenvalue weighted by Gasteiger charge is 2.28. The second-order valence-electron chi connectivity index (χ2n) is 6.50. The Labute approximate surface area is 166 Å². The normalized spacial score (nSPS) is 14.4. The third kappa shape index (κ3) is 4.12. The predicted molar refractivity (Wildman–Crippen MR) is 107 cm³/mol. The molecule has 1 aromatic carbocycles. The average molecular weight is 447 g/mol. The van der Waals surface area contributed by atoms with Gasteiger partial charge in [0.05, 0.1) is 17.1 Å². The molecule has 0 radical (unpaired) electrons. The summed E-state index contributed by atoms with van der Waals surface area (Å²) in [4.78, 5) is 4.60. The van der Waals surface area contributed by atoms with Crippen LogP contribution in [-0.2, 0) is 16.6 Å². The van der Waals surface area contributed by atoms with E-state index in [1.165, 1.54) is 0 Å². The Balaban J connectivity index is 1.50. The zero-order valence-electron chi connectivity index (χ0n) is 14.5. The standard InChI is InChI=1S/C19H19BrN4O2S/c20-15-5-1-2-7-19(15)27(25,26)22-11-12-24-18(14-8-9-14)13-17(23-24)16-6-3-4-10-21-16/h1-7,10,13-14,22H,8-9,11-12H2. The fourth-order valence-electron chi connectivity index (χ4n) is 2.98. The molecule has 4 rings (SSSR count). The van der Waals surface area contributed by atoms with Crippen molar-refractivity contribution in [2.75, 3.05) is 6.54 Å². The highest BCUT2D eigenvalue weighted by Crippen LogP contribution is 2.41. The number of sulfonamides is 1. The molecule has 1 aliphatic carbocycles. The SMILES string of the molecule is O=S(=O)(NCCn1nc(-c2ccccn2)cc1C1CC1)c1ccccc1Br. The largest absolute Gasteiger partial charge is 0.267 e. The number of hydrogen-bond acceptors (Lipinski definition) is 4. The van der Waals surface area contributed by atoms with Crippen LogP contribution in [0.25, 0.3) is 11.4 Å².